The summed E-state index contributed by atoms with van der Waals surface area (Å²) in [7, 11) is 0. The van der Waals surface area contributed by atoms with Crippen molar-refractivity contribution in [3.8, 4) is 11.1 Å². The van der Waals surface area contributed by atoms with Gasteiger partial charge in [-0.05, 0) is 41.7 Å². The van der Waals surface area contributed by atoms with Gasteiger partial charge in [0.2, 0.25) is 0 Å². The third kappa shape index (κ3) is 4.04. The zero-order valence-electron chi connectivity index (χ0n) is 17.5. The van der Waals surface area contributed by atoms with Gasteiger partial charge in [0, 0.05) is 5.92 Å². The summed E-state index contributed by atoms with van der Waals surface area (Å²) < 4.78 is 5.60. The molecule has 5 nitrogen and oxygen atoms in total. The van der Waals surface area contributed by atoms with E-state index in [1.54, 1.807) is 38.1 Å². The van der Waals surface area contributed by atoms with Gasteiger partial charge in [0.25, 0.3) is 0 Å². The van der Waals surface area contributed by atoms with E-state index in [4.69, 9.17) is 4.74 Å². The molecule has 0 fully saturated rings. The first-order valence-corrected chi connectivity index (χ1v) is 10.3. The molecule has 0 bridgehead atoms. The van der Waals surface area contributed by atoms with Gasteiger partial charge in [-0.2, -0.15) is 0 Å². The SMILES string of the molecule is CC(C)(NC(=O)OCC1c2ccccc2-c2ccccc21)C(C(=O)O)c1ccccc1. The summed E-state index contributed by atoms with van der Waals surface area (Å²) in [6.07, 6.45) is -0.631. The Balaban J connectivity index is 1.49. The first-order chi connectivity index (χ1) is 14.9. The molecule has 1 atom stereocenters. The normalized spacial score (nSPS) is 13.7. The van der Waals surface area contributed by atoms with Crippen LogP contribution in [0.4, 0.5) is 4.79 Å². The molecule has 0 spiro atoms. The highest BCUT2D eigenvalue weighted by Crippen LogP contribution is 2.44. The van der Waals surface area contributed by atoms with Gasteiger partial charge in [0.1, 0.15) is 12.5 Å². The largest absolute Gasteiger partial charge is 0.481 e. The van der Waals surface area contributed by atoms with Crippen LogP contribution >= 0.6 is 0 Å². The van der Waals surface area contributed by atoms with Crippen LogP contribution in [0, 0.1) is 0 Å². The number of fused-ring (bicyclic) bond motifs is 3. The molecule has 1 aliphatic carbocycles. The quantitative estimate of drug-likeness (QED) is 0.582. The lowest BCUT2D eigenvalue weighted by Crippen LogP contribution is -2.50. The number of carboxylic acid groups (broad SMARTS) is 1. The summed E-state index contributed by atoms with van der Waals surface area (Å²) in [4.78, 5) is 24.6. The highest BCUT2D eigenvalue weighted by molar-refractivity contribution is 5.80. The zero-order chi connectivity index (χ0) is 22.0. The molecule has 1 unspecified atom stereocenters. The highest BCUT2D eigenvalue weighted by atomic mass is 16.5. The maximum Gasteiger partial charge on any atom is 0.407 e. The number of hydrogen-bond donors (Lipinski definition) is 2. The number of benzene rings is 3. The van der Waals surface area contributed by atoms with Crippen molar-refractivity contribution in [1.82, 2.24) is 5.32 Å². The topological polar surface area (TPSA) is 75.6 Å². The molecule has 3 aromatic carbocycles. The third-order valence-corrected chi connectivity index (χ3v) is 5.87. The Morgan fingerprint density at radius 2 is 1.42 bits per heavy atom. The highest BCUT2D eigenvalue weighted by Gasteiger charge is 2.38. The van der Waals surface area contributed by atoms with E-state index < -0.39 is 23.5 Å². The van der Waals surface area contributed by atoms with Crippen molar-refractivity contribution >= 4 is 12.1 Å². The monoisotopic (exact) mass is 415 g/mol. The number of alkyl carbamates (subject to hydrolysis) is 1. The average molecular weight is 415 g/mol. The average Bonchev–Trinajstić information content (AvgIpc) is 3.06. The van der Waals surface area contributed by atoms with Crippen LogP contribution in [0.1, 0.15) is 42.4 Å². The van der Waals surface area contributed by atoms with Gasteiger partial charge in [-0.15, -0.1) is 0 Å². The van der Waals surface area contributed by atoms with Crippen LogP contribution in [0.2, 0.25) is 0 Å². The van der Waals surface area contributed by atoms with E-state index in [-0.39, 0.29) is 12.5 Å². The van der Waals surface area contributed by atoms with E-state index >= 15 is 0 Å². The van der Waals surface area contributed by atoms with E-state index in [2.05, 4.69) is 29.6 Å². The van der Waals surface area contributed by atoms with Crippen LogP contribution in [-0.4, -0.2) is 29.3 Å². The number of carbonyl (C=O) groups is 2. The maximum absolute atomic E-state index is 12.7. The maximum atomic E-state index is 12.7. The minimum atomic E-state index is -1.05. The Bertz CT molecular complexity index is 1060. The van der Waals surface area contributed by atoms with Gasteiger partial charge in [-0.1, -0.05) is 78.9 Å². The molecule has 1 amide bonds. The molecular weight excluding hydrogens is 390 g/mol. The minimum absolute atomic E-state index is 0.0503. The number of aliphatic carboxylic acids is 1. The fourth-order valence-electron chi connectivity index (χ4n) is 4.48. The molecule has 1 aliphatic rings. The Morgan fingerprint density at radius 3 is 1.97 bits per heavy atom. The molecule has 5 heteroatoms. The first kappa shape index (κ1) is 20.7. The van der Waals surface area contributed by atoms with Gasteiger partial charge in [-0.3, -0.25) is 4.79 Å². The van der Waals surface area contributed by atoms with Crippen LogP contribution in [0.25, 0.3) is 11.1 Å². The standard InChI is InChI=1S/C26H25NO4/c1-26(2,23(24(28)29)17-10-4-3-5-11-17)27-25(30)31-16-22-20-14-8-6-12-18(20)19-13-7-9-15-21(19)22/h3-15,22-23H,16H2,1-2H3,(H,27,30)(H,28,29). The van der Waals surface area contributed by atoms with Crippen LogP contribution < -0.4 is 5.32 Å². The van der Waals surface area contributed by atoms with Gasteiger partial charge in [-0.25, -0.2) is 4.79 Å². The zero-order valence-corrected chi connectivity index (χ0v) is 17.5. The number of carboxylic acids is 1. The van der Waals surface area contributed by atoms with Crippen molar-refractivity contribution in [2.45, 2.75) is 31.2 Å². The first-order valence-electron chi connectivity index (χ1n) is 10.3. The van der Waals surface area contributed by atoms with Crippen LogP contribution in [0.3, 0.4) is 0 Å². The summed E-state index contributed by atoms with van der Waals surface area (Å²) in [6, 6.07) is 25.1. The number of nitrogens with one attached hydrogen (secondary N) is 1. The summed E-state index contributed by atoms with van der Waals surface area (Å²) in [5.41, 5.74) is 4.14. The molecular formula is C26H25NO4. The number of amides is 1. The third-order valence-electron chi connectivity index (χ3n) is 5.87. The molecule has 0 heterocycles. The summed E-state index contributed by atoms with van der Waals surface area (Å²) in [5.74, 6) is -1.96. The lowest BCUT2D eigenvalue weighted by molar-refractivity contribution is -0.140. The smallest absolute Gasteiger partial charge is 0.407 e. The number of carbonyl (C=O) groups excluding carboxylic acids is 1. The van der Waals surface area contributed by atoms with Crippen molar-refractivity contribution < 1.29 is 19.4 Å². The number of hydrogen-bond acceptors (Lipinski definition) is 3. The van der Waals surface area contributed by atoms with Crippen LogP contribution in [-0.2, 0) is 9.53 Å². The second kappa shape index (κ2) is 8.26. The molecule has 2 N–H and O–H groups in total. The van der Waals surface area contributed by atoms with E-state index in [0.29, 0.717) is 5.56 Å². The molecule has 0 saturated heterocycles. The van der Waals surface area contributed by atoms with Crippen molar-refractivity contribution in [3.05, 3.63) is 95.6 Å². The van der Waals surface area contributed by atoms with E-state index in [1.165, 1.54) is 0 Å². The molecule has 158 valence electrons. The predicted molar refractivity (Wildman–Crippen MR) is 119 cm³/mol. The lowest BCUT2D eigenvalue weighted by atomic mass is 9.82. The molecule has 0 saturated carbocycles. The number of rotatable bonds is 6. The van der Waals surface area contributed by atoms with Crippen molar-refractivity contribution in [1.29, 1.82) is 0 Å². The Hall–Kier alpha value is -3.60. The van der Waals surface area contributed by atoms with Gasteiger partial charge in [0.15, 0.2) is 0 Å². The second-order valence-corrected chi connectivity index (χ2v) is 8.35. The predicted octanol–water partition coefficient (Wildman–Crippen LogP) is 5.17. The molecule has 0 aliphatic heterocycles. The van der Waals surface area contributed by atoms with Gasteiger partial charge < -0.3 is 15.2 Å². The number of ether oxygens (including phenoxy) is 1. The van der Waals surface area contributed by atoms with Crippen molar-refractivity contribution in [3.63, 3.8) is 0 Å². The Labute approximate surface area is 181 Å². The minimum Gasteiger partial charge on any atom is -0.481 e. The molecule has 31 heavy (non-hydrogen) atoms. The fourth-order valence-corrected chi connectivity index (χ4v) is 4.48. The second-order valence-electron chi connectivity index (χ2n) is 8.35. The van der Waals surface area contributed by atoms with Crippen LogP contribution in [0.5, 0.6) is 0 Å². The van der Waals surface area contributed by atoms with Gasteiger partial charge >= 0.3 is 12.1 Å². The Kier molecular flexibility index (Phi) is 5.51. The molecule has 0 radical (unpaired) electrons. The van der Waals surface area contributed by atoms with E-state index in [0.717, 1.165) is 22.3 Å². The molecule has 3 aromatic rings. The molecule has 4 rings (SSSR count). The van der Waals surface area contributed by atoms with Crippen molar-refractivity contribution in [2.75, 3.05) is 6.61 Å². The summed E-state index contributed by atoms with van der Waals surface area (Å²) in [5, 5.41) is 12.6. The summed E-state index contributed by atoms with van der Waals surface area (Å²) in [6.45, 7) is 3.57. The summed E-state index contributed by atoms with van der Waals surface area (Å²) >= 11 is 0. The van der Waals surface area contributed by atoms with Gasteiger partial charge in [0.05, 0.1) is 5.54 Å². The lowest BCUT2D eigenvalue weighted by Gasteiger charge is -2.32. The Morgan fingerprint density at radius 1 is 0.903 bits per heavy atom. The van der Waals surface area contributed by atoms with E-state index in [1.807, 2.05) is 30.3 Å². The van der Waals surface area contributed by atoms with Crippen molar-refractivity contribution in [2.24, 2.45) is 0 Å². The fraction of sp³-hybridized carbons (Fsp3) is 0.231. The molecule has 0 aromatic heterocycles. The van der Waals surface area contributed by atoms with E-state index in [9.17, 15) is 14.7 Å². The van der Waals surface area contributed by atoms with Crippen LogP contribution in [0.15, 0.2) is 78.9 Å².